The summed E-state index contributed by atoms with van der Waals surface area (Å²) in [4.78, 5) is 1.38. The lowest BCUT2D eigenvalue weighted by atomic mass is 10.0. The lowest BCUT2D eigenvalue weighted by Crippen LogP contribution is -2.25. The molecule has 0 amide bonds. The van der Waals surface area contributed by atoms with Crippen LogP contribution < -0.4 is 5.32 Å². The fourth-order valence-electron chi connectivity index (χ4n) is 3.12. The summed E-state index contributed by atoms with van der Waals surface area (Å²) in [5.74, 6) is 0. The van der Waals surface area contributed by atoms with Crippen molar-refractivity contribution in [2.24, 2.45) is 0 Å². The molecule has 0 unspecified atom stereocenters. The highest BCUT2D eigenvalue weighted by Gasteiger charge is 2.20. The molecule has 0 aliphatic carbocycles. The normalized spacial score (nSPS) is 14.1. The van der Waals surface area contributed by atoms with E-state index < -0.39 is 0 Å². The summed E-state index contributed by atoms with van der Waals surface area (Å²) in [6.07, 6.45) is 3.46. The Balaban J connectivity index is 1.77. The van der Waals surface area contributed by atoms with Gasteiger partial charge in [-0.05, 0) is 22.6 Å². The van der Waals surface area contributed by atoms with Crippen LogP contribution in [0.5, 0.6) is 0 Å². The molecule has 0 fully saturated rings. The molecule has 3 heteroatoms. The fourth-order valence-corrected chi connectivity index (χ4v) is 3.88. The Hall–Kier alpha value is -1.84. The van der Waals surface area contributed by atoms with Crippen LogP contribution in [-0.4, -0.2) is 11.1 Å². The van der Waals surface area contributed by atoms with E-state index in [0.29, 0.717) is 0 Å². The minimum Gasteiger partial charge on any atom is -0.346 e. The lowest BCUT2D eigenvalue weighted by Gasteiger charge is -2.17. The Bertz CT molecular complexity index is 726. The van der Waals surface area contributed by atoms with Crippen LogP contribution in [0.2, 0.25) is 0 Å². The standard InChI is InChI=1S/C18H18N2S/c1-2-5-14(6-3-1)12-20-13-16(18-7-4-10-21-18)15-11-19-9-8-17(15)20/h1-7,10,13,19H,8-9,11-12H2. The van der Waals surface area contributed by atoms with Crippen molar-refractivity contribution in [2.45, 2.75) is 19.5 Å². The molecular formula is C18H18N2S. The molecule has 0 radical (unpaired) electrons. The first-order valence-electron chi connectivity index (χ1n) is 7.41. The number of nitrogens with one attached hydrogen (secondary N) is 1. The van der Waals surface area contributed by atoms with Crippen molar-refractivity contribution in [2.75, 3.05) is 6.54 Å². The van der Waals surface area contributed by atoms with Crippen LogP contribution in [0.4, 0.5) is 0 Å². The maximum Gasteiger partial charge on any atom is 0.0473 e. The highest BCUT2D eigenvalue weighted by Crippen LogP contribution is 2.33. The molecule has 2 nitrogen and oxygen atoms in total. The third-order valence-corrected chi connectivity index (χ3v) is 5.03. The second-order valence-corrected chi connectivity index (χ2v) is 6.43. The first-order chi connectivity index (χ1) is 10.4. The third kappa shape index (κ3) is 2.43. The fraction of sp³-hybridized carbons (Fsp3) is 0.222. The summed E-state index contributed by atoms with van der Waals surface area (Å²) in [5, 5.41) is 5.67. The Morgan fingerprint density at radius 3 is 2.81 bits per heavy atom. The molecule has 3 heterocycles. The smallest absolute Gasteiger partial charge is 0.0473 e. The molecule has 2 aromatic heterocycles. The summed E-state index contributed by atoms with van der Waals surface area (Å²) in [7, 11) is 0. The minimum absolute atomic E-state index is 0.967. The SMILES string of the molecule is c1ccc(Cn2cc(-c3cccs3)c3c2CCNC3)cc1. The third-order valence-electron chi connectivity index (χ3n) is 4.13. The van der Waals surface area contributed by atoms with Crippen molar-refractivity contribution in [1.82, 2.24) is 9.88 Å². The number of thiophene rings is 1. The zero-order valence-electron chi connectivity index (χ0n) is 11.9. The molecule has 4 rings (SSSR count). The Morgan fingerprint density at radius 2 is 2.00 bits per heavy atom. The summed E-state index contributed by atoms with van der Waals surface area (Å²) < 4.78 is 2.44. The molecule has 1 aliphatic rings. The van der Waals surface area contributed by atoms with Gasteiger partial charge in [-0.2, -0.15) is 0 Å². The Morgan fingerprint density at radius 1 is 1.10 bits per heavy atom. The molecule has 106 valence electrons. The van der Waals surface area contributed by atoms with Crippen molar-refractivity contribution < 1.29 is 0 Å². The van der Waals surface area contributed by atoms with Crippen molar-refractivity contribution in [1.29, 1.82) is 0 Å². The van der Waals surface area contributed by atoms with Crippen molar-refractivity contribution in [3.05, 3.63) is 70.9 Å². The van der Waals surface area contributed by atoms with Gasteiger partial charge in [-0.1, -0.05) is 36.4 Å². The molecule has 0 bridgehead atoms. The summed E-state index contributed by atoms with van der Waals surface area (Å²) in [6, 6.07) is 15.1. The predicted octanol–water partition coefficient (Wildman–Crippen LogP) is 3.91. The number of hydrogen-bond donors (Lipinski definition) is 1. The predicted molar refractivity (Wildman–Crippen MR) is 88.7 cm³/mol. The molecule has 0 atom stereocenters. The van der Waals surface area contributed by atoms with E-state index in [9.17, 15) is 0 Å². The van der Waals surface area contributed by atoms with Gasteiger partial charge in [0.1, 0.15) is 0 Å². The van der Waals surface area contributed by atoms with Gasteiger partial charge in [0, 0.05) is 48.4 Å². The van der Waals surface area contributed by atoms with Crippen LogP contribution in [0, 0.1) is 0 Å². The van der Waals surface area contributed by atoms with Gasteiger partial charge in [-0.15, -0.1) is 11.3 Å². The van der Waals surface area contributed by atoms with Crippen molar-refractivity contribution >= 4 is 11.3 Å². The van der Waals surface area contributed by atoms with Crippen LogP contribution in [0.3, 0.4) is 0 Å². The van der Waals surface area contributed by atoms with Gasteiger partial charge in [0.05, 0.1) is 0 Å². The average Bonchev–Trinajstić information content (AvgIpc) is 3.17. The molecule has 0 saturated carbocycles. The molecule has 3 aromatic rings. The van der Waals surface area contributed by atoms with Crippen LogP contribution >= 0.6 is 11.3 Å². The van der Waals surface area contributed by atoms with Gasteiger partial charge in [-0.25, -0.2) is 0 Å². The van der Waals surface area contributed by atoms with Crippen molar-refractivity contribution in [3.63, 3.8) is 0 Å². The number of fused-ring (bicyclic) bond motifs is 1. The first-order valence-corrected chi connectivity index (χ1v) is 8.29. The van der Waals surface area contributed by atoms with Crippen LogP contribution in [0.1, 0.15) is 16.8 Å². The Labute approximate surface area is 129 Å². The van der Waals surface area contributed by atoms with E-state index in [0.717, 1.165) is 26.1 Å². The zero-order valence-corrected chi connectivity index (χ0v) is 12.7. The molecule has 21 heavy (non-hydrogen) atoms. The molecule has 1 N–H and O–H groups in total. The number of rotatable bonds is 3. The van der Waals surface area contributed by atoms with E-state index in [1.165, 1.54) is 27.3 Å². The Kier molecular flexibility index (Phi) is 3.37. The molecule has 1 aliphatic heterocycles. The van der Waals surface area contributed by atoms with Crippen molar-refractivity contribution in [3.8, 4) is 10.4 Å². The van der Waals surface area contributed by atoms with Gasteiger partial charge in [-0.3, -0.25) is 0 Å². The van der Waals surface area contributed by atoms with Crippen LogP contribution in [0.25, 0.3) is 10.4 Å². The summed E-state index contributed by atoms with van der Waals surface area (Å²) in [5.41, 5.74) is 5.76. The van der Waals surface area contributed by atoms with E-state index >= 15 is 0 Å². The number of benzene rings is 1. The largest absolute Gasteiger partial charge is 0.346 e. The van der Waals surface area contributed by atoms with Gasteiger partial charge in [0.2, 0.25) is 0 Å². The highest BCUT2D eigenvalue weighted by atomic mass is 32.1. The van der Waals surface area contributed by atoms with E-state index in [4.69, 9.17) is 0 Å². The highest BCUT2D eigenvalue weighted by molar-refractivity contribution is 7.13. The first kappa shape index (κ1) is 12.9. The zero-order chi connectivity index (χ0) is 14.1. The van der Waals surface area contributed by atoms with Gasteiger partial charge >= 0.3 is 0 Å². The van der Waals surface area contributed by atoms with Gasteiger partial charge < -0.3 is 9.88 Å². The van der Waals surface area contributed by atoms with E-state index in [-0.39, 0.29) is 0 Å². The second kappa shape index (κ2) is 5.51. The van der Waals surface area contributed by atoms with Crippen LogP contribution in [0.15, 0.2) is 54.0 Å². The molecule has 0 spiro atoms. The number of hydrogen-bond acceptors (Lipinski definition) is 2. The second-order valence-electron chi connectivity index (χ2n) is 5.49. The quantitative estimate of drug-likeness (QED) is 0.775. The summed E-state index contributed by atoms with van der Waals surface area (Å²) in [6.45, 7) is 3.04. The topological polar surface area (TPSA) is 17.0 Å². The number of aromatic nitrogens is 1. The van der Waals surface area contributed by atoms with E-state index in [2.05, 4.69) is 63.9 Å². The lowest BCUT2D eigenvalue weighted by molar-refractivity contribution is 0.607. The maximum atomic E-state index is 3.51. The molecular weight excluding hydrogens is 276 g/mol. The van der Waals surface area contributed by atoms with Gasteiger partial charge in [0.25, 0.3) is 0 Å². The number of nitrogens with zero attached hydrogens (tertiary/aromatic N) is 1. The van der Waals surface area contributed by atoms with Gasteiger partial charge in [0.15, 0.2) is 0 Å². The van der Waals surface area contributed by atoms with Crippen LogP contribution in [-0.2, 0) is 19.5 Å². The van der Waals surface area contributed by atoms with E-state index in [1.807, 2.05) is 11.3 Å². The minimum atomic E-state index is 0.967. The average molecular weight is 294 g/mol. The monoisotopic (exact) mass is 294 g/mol. The molecule has 0 saturated heterocycles. The van der Waals surface area contributed by atoms with E-state index in [1.54, 1.807) is 0 Å². The summed E-state index contributed by atoms with van der Waals surface area (Å²) >= 11 is 1.83. The maximum absolute atomic E-state index is 3.51. The molecule has 1 aromatic carbocycles.